The Kier molecular flexibility index (Phi) is 11.8. The summed E-state index contributed by atoms with van der Waals surface area (Å²) in [5.41, 5.74) is 0.520. The van der Waals surface area contributed by atoms with Crippen molar-refractivity contribution in [3.63, 3.8) is 0 Å². The summed E-state index contributed by atoms with van der Waals surface area (Å²) in [6.07, 6.45) is 1.96. The standard InChI is InChI=1S/C20H30O5S/c1-4-5-12-23-19(21)11-13-26-15-18(14-24-16(2)3)25-20(22)17-9-7-6-8-10-17/h6-10,16,18H,4-5,11-15H2,1-3H3. The van der Waals surface area contributed by atoms with Gasteiger partial charge < -0.3 is 14.2 Å². The van der Waals surface area contributed by atoms with E-state index in [0.717, 1.165) is 12.8 Å². The van der Waals surface area contributed by atoms with E-state index in [4.69, 9.17) is 14.2 Å². The van der Waals surface area contributed by atoms with Crippen LogP contribution in [0.5, 0.6) is 0 Å². The Balaban J connectivity index is 2.38. The molecule has 146 valence electrons. The minimum Gasteiger partial charge on any atom is -0.466 e. The van der Waals surface area contributed by atoms with Gasteiger partial charge in [0.15, 0.2) is 0 Å². The molecular formula is C20H30O5S. The molecule has 1 aromatic carbocycles. The molecule has 0 fully saturated rings. The topological polar surface area (TPSA) is 61.8 Å². The van der Waals surface area contributed by atoms with Gasteiger partial charge in [-0.25, -0.2) is 4.79 Å². The predicted octanol–water partition coefficient (Wildman–Crippen LogP) is 4.10. The molecule has 0 saturated carbocycles. The van der Waals surface area contributed by atoms with Crippen molar-refractivity contribution in [3.05, 3.63) is 35.9 Å². The molecule has 1 aromatic rings. The predicted molar refractivity (Wildman–Crippen MR) is 105 cm³/mol. The molecule has 0 spiro atoms. The molecule has 0 amide bonds. The Morgan fingerprint density at radius 2 is 1.88 bits per heavy atom. The van der Waals surface area contributed by atoms with Gasteiger partial charge in [-0.05, 0) is 32.4 Å². The van der Waals surface area contributed by atoms with E-state index in [1.807, 2.05) is 19.9 Å². The molecule has 0 heterocycles. The number of benzene rings is 1. The highest BCUT2D eigenvalue weighted by atomic mass is 32.2. The van der Waals surface area contributed by atoms with Gasteiger partial charge >= 0.3 is 11.9 Å². The van der Waals surface area contributed by atoms with Crippen LogP contribution in [-0.4, -0.2) is 48.9 Å². The number of unbranched alkanes of at least 4 members (excludes halogenated alkanes) is 1. The number of hydrogen-bond donors (Lipinski definition) is 0. The molecular weight excluding hydrogens is 352 g/mol. The van der Waals surface area contributed by atoms with Crippen molar-refractivity contribution < 1.29 is 23.8 Å². The number of rotatable bonds is 13. The minimum absolute atomic E-state index is 0.0615. The molecule has 0 bridgehead atoms. The second-order valence-corrected chi connectivity index (χ2v) is 7.32. The van der Waals surface area contributed by atoms with E-state index in [1.54, 1.807) is 36.0 Å². The normalized spacial score (nSPS) is 12.0. The van der Waals surface area contributed by atoms with Crippen molar-refractivity contribution in [3.8, 4) is 0 Å². The van der Waals surface area contributed by atoms with Crippen molar-refractivity contribution in [2.24, 2.45) is 0 Å². The third-order valence-electron chi connectivity index (χ3n) is 3.41. The van der Waals surface area contributed by atoms with Crippen molar-refractivity contribution in [1.82, 2.24) is 0 Å². The average molecular weight is 383 g/mol. The highest BCUT2D eigenvalue weighted by Gasteiger charge is 2.17. The zero-order chi connectivity index (χ0) is 19.2. The third kappa shape index (κ3) is 10.5. The van der Waals surface area contributed by atoms with Crippen LogP contribution in [0, 0.1) is 0 Å². The number of thioether (sulfide) groups is 1. The Labute approximate surface area is 160 Å². The van der Waals surface area contributed by atoms with Crippen LogP contribution in [0.15, 0.2) is 30.3 Å². The van der Waals surface area contributed by atoms with Crippen LogP contribution in [0.1, 0.15) is 50.4 Å². The largest absolute Gasteiger partial charge is 0.466 e. The summed E-state index contributed by atoms with van der Waals surface area (Å²) in [5, 5.41) is 0. The summed E-state index contributed by atoms with van der Waals surface area (Å²) >= 11 is 1.56. The average Bonchev–Trinajstić information content (AvgIpc) is 2.63. The van der Waals surface area contributed by atoms with Gasteiger partial charge in [-0.2, -0.15) is 11.8 Å². The Bertz CT molecular complexity index is 518. The van der Waals surface area contributed by atoms with E-state index >= 15 is 0 Å². The van der Waals surface area contributed by atoms with Crippen LogP contribution in [0.4, 0.5) is 0 Å². The lowest BCUT2D eigenvalue weighted by Crippen LogP contribution is -2.27. The maximum Gasteiger partial charge on any atom is 0.338 e. The quantitative estimate of drug-likeness (QED) is 0.378. The van der Waals surface area contributed by atoms with Crippen molar-refractivity contribution in [2.45, 2.75) is 52.2 Å². The van der Waals surface area contributed by atoms with Crippen molar-refractivity contribution in [2.75, 3.05) is 24.7 Å². The molecule has 26 heavy (non-hydrogen) atoms. The lowest BCUT2D eigenvalue weighted by Gasteiger charge is -2.19. The summed E-state index contributed by atoms with van der Waals surface area (Å²) in [4.78, 5) is 23.8. The fraction of sp³-hybridized carbons (Fsp3) is 0.600. The molecule has 0 N–H and O–H groups in total. The number of carbonyl (C=O) groups excluding carboxylic acids is 2. The van der Waals surface area contributed by atoms with E-state index in [2.05, 4.69) is 6.92 Å². The lowest BCUT2D eigenvalue weighted by atomic mass is 10.2. The lowest BCUT2D eigenvalue weighted by molar-refractivity contribution is -0.143. The first-order valence-corrected chi connectivity index (χ1v) is 10.3. The molecule has 0 radical (unpaired) electrons. The van der Waals surface area contributed by atoms with Gasteiger partial charge in [0.05, 0.1) is 31.3 Å². The molecule has 5 nitrogen and oxygen atoms in total. The van der Waals surface area contributed by atoms with Crippen LogP contribution >= 0.6 is 11.8 Å². The van der Waals surface area contributed by atoms with Crippen molar-refractivity contribution >= 4 is 23.7 Å². The van der Waals surface area contributed by atoms with Crippen LogP contribution in [0.3, 0.4) is 0 Å². The summed E-state index contributed by atoms with van der Waals surface area (Å²) in [6, 6.07) is 8.90. The van der Waals surface area contributed by atoms with Gasteiger partial charge in [-0.15, -0.1) is 0 Å². The van der Waals surface area contributed by atoms with Gasteiger partial charge in [-0.1, -0.05) is 31.5 Å². The van der Waals surface area contributed by atoms with Crippen LogP contribution in [-0.2, 0) is 19.0 Å². The summed E-state index contributed by atoms with van der Waals surface area (Å²) < 4.78 is 16.3. The molecule has 0 saturated heterocycles. The smallest absolute Gasteiger partial charge is 0.338 e. The van der Waals surface area contributed by atoms with Gasteiger partial charge in [0.1, 0.15) is 6.10 Å². The van der Waals surface area contributed by atoms with Gasteiger partial charge in [-0.3, -0.25) is 4.79 Å². The summed E-state index contributed by atoms with van der Waals surface area (Å²) in [5.74, 6) is 0.671. The fourth-order valence-corrected chi connectivity index (χ4v) is 2.89. The highest BCUT2D eigenvalue weighted by molar-refractivity contribution is 7.99. The summed E-state index contributed by atoms with van der Waals surface area (Å²) in [7, 11) is 0. The highest BCUT2D eigenvalue weighted by Crippen LogP contribution is 2.12. The number of hydrogen-bond acceptors (Lipinski definition) is 6. The summed E-state index contributed by atoms with van der Waals surface area (Å²) in [6.45, 7) is 6.76. The molecule has 0 aliphatic heterocycles. The molecule has 1 rings (SSSR count). The Hall–Kier alpha value is -1.53. The van der Waals surface area contributed by atoms with Gasteiger partial charge in [0.25, 0.3) is 0 Å². The second kappa shape index (κ2) is 13.6. The second-order valence-electron chi connectivity index (χ2n) is 6.17. The maximum absolute atomic E-state index is 12.2. The molecule has 1 unspecified atom stereocenters. The molecule has 0 aliphatic rings. The molecule has 0 aliphatic carbocycles. The number of esters is 2. The van der Waals surface area contributed by atoms with E-state index in [0.29, 0.717) is 36.7 Å². The van der Waals surface area contributed by atoms with E-state index in [-0.39, 0.29) is 24.1 Å². The minimum atomic E-state index is -0.359. The Morgan fingerprint density at radius 3 is 2.54 bits per heavy atom. The molecule has 1 atom stereocenters. The first-order chi connectivity index (χ1) is 12.5. The fourth-order valence-electron chi connectivity index (χ4n) is 1.98. The molecule has 0 aromatic heterocycles. The third-order valence-corrected chi connectivity index (χ3v) is 4.51. The number of carbonyl (C=O) groups is 2. The first kappa shape index (κ1) is 22.5. The van der Waals surface area contributed by atoms with Gasteiger partial charge in [0, 0.05) is 11.5 Å². The van der Waals surface area contributed by atoms with Crippen molar-refractivity contribution in [1.29, 1.82) is 0 Å². The molecule has 6 heteroatoms. The Morgan fingerprint density at radius 1 is 1.15 bits per heavy atom. The van der Waals surface area contributed by atoms with Crippen LogP contribution < -0.4 is 0 Å². The zero-order valence-electron chi connectivity index (χ0n) is 15.9. The van der Waals surface area contributed by atoms with Crippen LogP contribution in [0.2, 0.25) is 0 Å². The monoisotopic (exact) mass is 382 g/mol. The SMILES string of the molecule is CCCCOC(=O)CCSCC(COC(C)C)OC(=O)c1ccccc1. The zero-order valence-corrected chi connectivity index (χ0v) is 16.8. The first-order valence-electron chi connectivity index (χ1n) is 9.14. The van der Waals surface area contributed by atoms with E-state index in [1.165, 1.54) is 0 Å². The van der Waals surface area contributed by atoms with E-state index < -0.39 is 0 Å². The van der Waals surface area contributed by atoms with E-state index in [9.17, 15) is 9.59 Å². The number of ether oxygens (including phenoxy) is 3. The van der Waals surface area contributed by atoms with Gasteiger partial charge in [0.2, 0.25) is 0 Å². The maximum atomic E-state index is 12.2. The van der Waals surface area contributed by atoms with Crippen LogP contribution in [0.25, 0.3) is 0 Å².